The molecule has 1 aliphatic heterocycles. The first-order chi connectivity index (χ1) is 13.8. The molecule has 0 radical (unpaired) electrons. The Labute approximate surface area is 165 Å². The first-order valence-corrected chi connectivity index (χ1v) is 9.67. The molecule has 154 valence electrons. The van der Waals surface area contributed by atoms with Gasteiger partial charge in [-0.05, 0) is 37.5 Å². The number of likely N-dealkylation sites (tertiary alicyclic amines) is 1. The number of H-pyrrole nitrogens is 1. The highest BCUT2D eigenvalue weighted by Gasteiger charge is 2.33. The predicted molar refractivity (Wildman–Crippen MR) is 99.5 cm³/mol. The minimum atomic E-state index is -4.48. The highest BCUT2D eigenvalue weighted by Crippen LogP contribution is 2.32. The molecule has 3 aromatic heterocycles. The molecular formula is C20H21F3N4O2. The molecule has 6 nitrogen and oxygen atoms in total. The van der Waals surface area contributed by atoms with Gasteiger partial charge in [-0.25, -0.2) is 4.98 Å². The number of hydrogen-bond acceptors (Lipinski definition) is 4. The topological polar surface area (TPSA) is 75.0 Å². The Hall–Kier alpha value is -2.84. The Kier molecular flexibility index (Phi) is 5.06. The second-order valence-electron chi connectivity index (χ2n) is 7.37. The third-order valence-corrected chi connectivity index (χ3v) is 5.21. The fraction of sp³-hybridized carbons (Fsp3) is 0.450. The first kappa shape index (κ1) is 19.5. The molecule has 0 saturated carbocycles. The Morgan fingerprint density at radius 2 is 2.17 bits per heavy atom. The highest BCUT2D eigenvalue weighted by molar-refractivity contribution is 5.92. The van der Waals surface area contributed by atoms with Crippen LogP contribution in [-0.2, 0) is 12.6 Å². The van der Waals surface area contributed by atoms with Gasteiger partial charge in [-0.2, -0.15) is 13.2 Å². The first-order valence-electron chi connectivity index (χ1n) is 9.67. The van der Waals surface area contributed by atoms with Crippen LogP contribution in [0, 0.1) is 0 Å². The van der Waals surface area contributed by atoms with Gasteiger partial charge in [-0.1, -0.05) is 12.1 Å². The van der Waals surface area contributed by atoms with Crippen LogP contribution in [0.1, 0.15) is 59.7 Å². The molecule has 3 aromatic rings. The Morgan fingerprint density at radius 3 is 2.93 bits per heavy atom. The number of aromatic nitrogens is 3. The van der Waals surface area contributed by atoms with Crippen LogP contribution in [-0.4, -0.2) is 39.0 Å². The molecule has 1 saturated heterocycles. The van der Waals surface area contributed by atoms with Crippen molar-refractivity contribution in [2.75, 3.05) is 13.1 Å². The lowest BCUT2D eigenvalue weighted by molar-refractivity contribution is -0.140. The number of aryl methyl sites for hydroxylation is 1. The zero-order valence-corrected chi connectivity index (χ0v) is 15.9. The van der Waals surface area contributed by atoms with Gasteiger partial charge >= 0.3 is 6.18 Å². The van der Waals surface area contributed by atoms with Crippen LogP contribution in [0.2, 0.25) is 0 Å². The largest absolute Gasteiger partial charge is 0.433 e. The van der Waals surface area contributed by atoms with Gasteiger partial charge in [0.25, 0.3) is 5.91 Å². The third kappa shape index (κ3) is 3.99. The molecule has 0 unspecified atom stereocenters. The number of amides is 1. The molecule has 29 heavy (non-hydrogen) atoms. The fourth-order valence-corrected chi connectivity index (χ4v) is 3.76. The second kappa shape index (κ2) is 7.53. The van der Waals surface area contributed by atoms with Crippen LogP contribution in [0.3, 0.4) is 0 Å². The molecule has 0 spiro atoms. The van der Waals surface area contributed by atoms with Crippen molar-refractivity contribution in [3.05, 3.63) is 47.1 Å². The molecule has 0 bridgehead atoms. The SMILES string of the molecule is CCCc1cc(C(=O)N2CCC[C@H](c3cc4nc(C(F)(F)F)ccc4[nH]3)C2)no1. The molecule has 1 fully saturated rings. The second-order valence-corrected chi connectivity index (χ2v) is 7.37. The van der Waals surface area contributed by atoms with Crippen LogP contribution < -0.4 is 0 Å². The maximum absolute atomic E-state index is 12.9. The highest BCUT2D eigenvalue weighted by atomic mass is 19.4. The number of piperidine rings is 1. The summed E-state index contributed by atoms with van der Waals surface area (Å²) in [5.74, 6) is 0.499. The maximum Gasteiger partial charge on any atom is 0.433 e. The average Bonchev–Trinajstić information content (AvgIpc) is 3.33. The summed E-state index contributed by atoms with van der Waals surface area (Å²) in [5, 5.41) is 3.88. The molecular weight excluding hydrogens is 385 g/mol. The summed E-state index contributed by atoms with van der Waals surface area (Å²) in [7, 11) is 0. The molecule has 1 atom stereocenters. The van der Waals surface area contributed by atoms with Gasteiger partial charge in [-0.15, -0.1) is 0 Å². The summed E-state index contributed by atoms with van der Waals surface area (Å²) in [6, 6.07) is 5.70. The van der Waals surface area contributed by atoms with Gasteiger partial charge < -0.3 is 14.4 Å². The van der Waals surface area contributed by atoms with E-state index in [2.05, 4.69) is 15.1 Å². The number of hydrogen-bond donors (Lipinski definition) is 1. The Morgan fingerprint density at radius 1 is 1.34 bits per heavy atom. The summed E-state index contributed by atoms with van der Waals surface area (Å²) < 4.78 is 43.9. The summed E-state index contributed by atoms with van der Waals surface area (Å²) in [5.41, 5.74) is 0.999. The van der Waals surface area contributed by atoms with E-state index in [0.29, 0.717) is 30.1 Å². The lowest BCUT2D eigenvalue weighted by atomic mass is 9.94. The Bertz CT molecular complexity index is 1020. The number of halogens is 3. The normalized spacial score (nSPS) is 17.8. The predicted octanol–water partition coefficient (Wildman–Crippen LogP) is 4.54. The number of rotatable bonds is 4. The van der Waals surface area contributed by atoms with Crippen LogP contribution in [0.4, 0.5) is 13.2 Å². The number of carbonyl (C=O) groups is 1. The van der Waals surface area contributed by atoms with Crippen LogP contribution in [0.15, 0.2) is 28.8 Å². The van der Waals surface area contributed by atoms with Gasteiger partial charge in [-0.3, -0.25) is 4.79 Å². The third-order valence-electron chi connectivity index (χ3n) is 5.21. The zero-order valence-electron chi connectivity index (χ0n) is 15.9. The average molecular weight is 406 g/mol. The van der Waals surface area contributed by atoms with E-state index in [9.17, 15) is 18.0 Å². The van der Waals surface area contributed by atoms with Crippen molar-refractivity contribution in [2.24, 2.45) is 0 Å². The van der Waals surface area contributed by atoms with Crippen LogP contribution in [0.25, 0.3) is 11.0 Å². The summed E-state index contributed by atoms with van der Waals surface area (Å²) in [6.07, 6.45) is -1.22. The molecule has 0 aromatic carbocycles. The van der Waals surface area contributed by atoms with Crippen molar-refractivity contribution < 1.29 is 22.5 Å². The molecule has 1 aliphatic rings. The van der Waals surface area contributed by atoms with E-state index in [1.165, 1.54) is 6.07 Å². The summed E-state index contributed by atoms with van der Waals surface area (Å²) >= 11 is 0. The van der Waals surface area contributed by atoms with Crippen molar-refractivity contribution in [3.63, 3.8) is 0 Å². The molecule has 0 aliphatic carbocycles. The number of pyridine rings is 1. The molecule has 4 heterocycles. The smallest absolute Gasteiger partial charge is 0.361 e. The van der Waals surface area contributed by atoms with E-state index in [-0.39, 0.29) is 17.3 Å². The lowest BCUT2D eigenvalue weighted by Crippen LogP contribution is -2.39. The Balaban J connectivity index is 1.52. The number of nitrogens with one attached hydrogen (secondary N) is 1. The quantitative estimate of drug-likeness (QED) is 0.690. The van der Waals surface area contributed by atoms with Crippen LogP contribution >= 0.6 is 0 Å². The zero-order chi connectivity index (χ0) is 20.6. The minimum absolute atomic E-state index is 0.00162. The molecule has 1 amide bonds. The van der Waals surface area contributed by atoms with E-state index in [1.807, 2.05) is 6.92 Å². The molecule has 4 rings (SSSR count). The number of aromatic amines is 1. The van der Waals surface area contributed by atoms with Crippen molar-refractivity contribution in [1.82, 2.24) is 20.0 Å². The van der Waals surface area contributed by atoms with Gasteiger partial charge in [0.2, 0.25) is 0 Å². The van der Waals surface area contributed by atoms with Crippen molar-refractivity contribution in [2.45, 2.75) is 44.7 Å². The minimum Gasteiger partial charge on any atom is -0.361 e. The van der Waals surface area contributed by atoms with Gasteiger partial charge in [0.15, 0.2) is 5.69 Å². The number of carbonyl (C=O) groups excluding carboxylic acids is 1. The fourth-order valence-electron chi connectivity index (χ4n) is 3.76. The van der Waals surface area contributed by atoms with E-state index < -0.39 is 11.9 Å². The maximum atomic E-state index is 12.9. The number of alkyl halides is 3. The lowest BCUT2D eigenvalue weighted by Gasteiger charge is -2.31. The van der Waals surface area contributed by atoms with Crippen molar-refractivity contribution in [1.29, 1.82) is 0 Å². The monoisotopic (exact) mass is 406 g/mol. The number of fused-ring (bicyclic) bond motifs is 1. The number of nitrogens with zero attached hydrogens (tertiary/aromatic N) is 3. The van der Waals surface area contributed by atoms with Crippen LogP contribution in [0.5, 0.6) is 0 Å². The summed E-state index contributed by atoms with van der Waals surface area (Å²) in [4.78, 5) is 21.4. The molecule has 9 heteroatoms. The van der Waals surface area contributed by atoms with E-state index in [4.69, 9.17) is 4.52 Å². The van der Waals surface area contributed by atoms with E-state index in [0.717, 1.165) is 37.4 Å². The summed E-state index contributed by atoms with van der Waals surface area (Å²) in [6.45, 7) is 3.10. The van der Waals surface area contributed by atoms with E-state index >= 15 is 0 Å². The van der Waals surface area contributed by atoms with Crippen molar-refractivity contribution in [3.8, 4) is 0 Å². The standard InChI is InChI=1S/C20H21F3N4O2/c1-2-4-13-9-17(26-29-13)19(28)27-8-3-5-12(11-27)15-10-16-14(24-15)6-7-18(25-16)20(21,22)23/h6-7,9-10,12,24H,2-5,8,11H2,1H3/t12-/m0/s1. The van der Waals surface area contributed by atoms with Crippen molar-refractivity contribution >= 4 is 16.9 Å². The van der Waals surface area contributed by atoms with Gasteiger partial charge in [0, 0.05) is 37.2 Å². The molecule has 1 N–H and O–H groups in total. The van der Waals surface area contributed by atoms with Gasteiger partial charge in [0.1, 0.15) is 11.5 Å². The van der Waals surface area contributed by atoms with E-state index in [1.54, 1.807) is 17.0 Å². The van der Waals surface area contributed by atoms with Gasteiger partial charge in [0.05, 0.1) is 11.0 Å².